The smallest absolute Gasteiger partial charge is 0.242 e. The minimum Gasteiger partial charge on any atom is -0.357 e. The summed E-state index contributed by atoms with van der Waals surface area (Å²) < 4.78 is 0. The summed E-state index contributed by atoms with van der Waals surface area (Å²) in [4.78, 5) is 24.2. The molecule has 106 valence electrons. The van der Waals surface area contributed by atoms with Crippen molar-refractivity contribution < 1.29 is 9.59 Å². The van der Waals surface area contributed by atoms with Gasteiger partial charge in [-0.2, -0.15) is 0 Å². The second-order valence-corrected chi connectivity index (χ2v) is 7.01. The molecular weight excluding hydrogens is 240 g/mol. The van der Waals surface area contributed by atoms with Gasteiger partial charge in [0.25, 0.3) is 0 Å². The summed E-state index contributed by atoms with van der Waals surface area (Å²) in [5.74, 6) is 2.28. The molecule has 2 N–H and O–H groups in total. The van der Waals surface area contributed by atoms with E-state index in [1.165, 1.54) is 19.3 Å². The summed E-state index contributed by atoms with van der Waals surface area (Å²) >= 11 is 0. The van der Waals surface area contributed by atoms with Crippen LogP contribution in [0.4, 0.5) is 0 Å². The molecule has 4 aliphatic rings. The Labute approximate surface area is 114 Å². The molecule has 0 aromatic rings. The summed E-state index contributed by atoms with van der Waals surface area (Å²) in [6, 6.07) is -0.425. The fourth-order valence-corrected chi connectivity index (χ4v) is 5.02. The van der Waals surface area contributed by atoms with E-state index < -0.39 is 6.04 Å². The Morgan fingerprint density at radius 1 is 1.05 bits per heavy atom. The van der Waals surface area contributed by atoms with E-state index in [9.17, 15) is 9.59 Å². The van der Waals surface area contributed by atoms with Gasteiger partial charge in [0.15, 0.2) is 0 Å². The first-order valence-electron chi connectivity index (χ1n) is 7.55. The average molecular weight is 264 g/mol. The van der Waals surface area contributed by atoms with Crippen LogP contribution >= 0.6 is 0 Å². The van der Waals surface area contributed by atoms with Crippen LogP contribution in [-0.4, -0.2) is 24.9 Å². The van der Waals surface area contributed by atoms with Gasteiger partial charge in [0.1, 0.15) is 6.04 Å². The minimum atomic E-state index is -0.425. The highest BCUT2D eigenvalue weighted by molar-refractivity contribution is 5.90. The van der Waals surface area contributed by atoms with Gasteiger partial charge in [-0.05, 0) is 63.2 Å². The summed E-state index contributed by atoms with van der Waals surface area (Å²) in [7, 11) is 1.61. The van der Waals surface area contributed by atoms with Crippen LogP contribution in [0.5, 0.6) is 0 Å². The van der Waals surface area contributed by atoms with Gasteiger partial charge in [0.2, 0.25) is 11.8 Å². The first kappa shape index (κ1) is 12.9. The minimum absolute atomic E-state index is 0.113. The van der Waals surface area contributed by atoms with E-state index in [0.29, 0.717) is 0 Å². The highest BCUT2D eigenvalue weighted by Crippen LogP contribution is 2.60. The van der Waals surface area contributed by atoms with Crippen LogP contribution in [0.1, 0.15) is 45.4 Å². The molecule has 4 fully saturated rings. The van der Waals surface area contributed by atoms with Crippen LogP contribution in [-0.2, 0) is 9.59 Å². The largest absolute Gasteiger partial charge is 0.357 e. The molecule has 0 heterocycles. The van der Waals surface area contributed by atoms with Crippen molar-refractivity contribution in [3.8, 4) is 0 Å². The molecular formula is C15H24N2O2. The molecule has 0 spiro atoms. The standard InChI is InChI=1S/C15H24N2O2/c1-9(13(18)16-2)17-14(19)15-6-10-3-11(7-15)5-12(4-10)8-15/h9-12H,3-8H2,1-2H3,(H,16,18)(H,17,19). The summed E-state index contributed by atoms with van der Waals surface area (Å²) in [5.41, 5.74) is -0.156. The first-order valence-corrected chi connectivity index (χ1v) is 7.55. The zero-order valence-corrected chi connectivity index (χ0v) is 11.9. The van der Waals surface area contributed by atoms with E-state index in [2.05, 4.69) is 10.6 Å². The highest BCUT2D eigenvalue weighted by atomic mass is 16.2. The van der Waals surface area contributed by atoms with Crippen molar-refractivity contribution in [1.82, 2.24) is 10.6 Å². The number of hydrogen-bond acceptors (Lipinski definition) is 2. The number of nitrogens with one attached hydrogen (secondary N) is 2. The van der Waals surface area contributed by atoms with Crippen molar-refractivity contribution in [2.24, 2.45) is 23.2 Å². The second-order valence-electron chi connectivity index (χ2n) is 7.01. The first-order chi connectivity index (χ1) is 9.02. The number of carbonyl (C=O) groups is 2. The quantitative estimate of drug-likeness (QED) is 0.810. The van der Waals surface area contributed by atoms with Gasteiger partial charge >= 0.3 is 0 Å². The van der Waals surface area contributed by atoms with Gasteiger partial charge in [0, 0.05) is 12.5 Å². The molecule has 1 atom stereocenters. The molecule has 4 rings (SSSR count). The summed E-state index contributed by atoms with van der Waals surface area (Å²) in [5, 5.41) is 5.53. The van der Waals surface area contributed by atoms with Gasteiger partial charge in [-0.1, -0.05) is 0 Å². The van der Waals surface area contributed by atoms with Crippen molar-refractivity contribution in [3.63, 3.8) is 0 Å². The monoisotopic (exact) mass is 264 g/mol. The van der Waals surface area contributed by atoms with Crippen LogP contribution in [0.3, 0.4) is 0 Å². The van der Waals surface area contributed by atoms with Gasteiger partial charge in [0.05, 0.1) is 0 Å². The molecule has 4 aliphatic carbocycles. The predicted octanol–water partition coefficient (Wildman–Crippen LogP) is 1.45. The lowest BCUT2D eigenvalue weighted by molar-refractivity contribution is -0.148. The van der Waals surface area contributed by atoms with Crippen LogP contribution in [0.2, 0.25) is 0 Å². The molecule has 4 heteroatoms. The molecule has 4 saturated carbocycles. The zero-order valence-electron chi connectivity index (χ0n) is 11.9. The van der Waals surface area contributed by atoms with E-state index in [4.69, 9.17) is 0 Å². The van der Waals surface area contributed by atoms with Crippen molar-refractivity contribution in [3.05, 3.63) is 0 Å². The third-order valence-electron chi connectivity index (χ3n) is 5.51. The van der Waals surface area contributed by atoms with Crippen LogP contribution in [0.25, 0.3) is 0 Å². The maximum atomic E-state index is 12.6. The lowest BCUT2D eigenvalue weighted by Crippen LogP contribution is -2.56. The number of amides is 2. The van der Waals surface area contributed by atoms with Crippen LogP contribution in [0, 0.1) is 23.2 Å². The van der Waals surface area contributed by atoms with Gasteiger partial charge in [-0.15, -0.1) is 0 Å². The van der Waals surface area contributed by atoms with Crippen molar-refractivity contribution in [2.45, 2.75) is 51.5 Å². The molecule has 0 aliphatic heterocycles. The van der Waals surface area contributed by atoms with E-state index in [0.717, 1.165) is 37.0 Å². The molecule has 4 bridgehead atoms. The summed E-state index contributed by atoms with van der Waals surface area (Å²) in [6.45, 7) is 1.76. The molecule has 0 saturated heterocycles. The van der Waals surface area contributed by atoms with Crippen LogP contribution < -0.4 is 10.6 Å². The maximum absolute atomic E-state index is 12.6. The van der Waals surface area contributed by atoms with E-state index in [-0.39, 0.29) is 17.2 Å². The van der Waals surface area contributed by atoms with E-state index in [1.54, 1.807) is 14.0 Å². The molecule has 0 radical (unpaired) electrons. The van der Waals surface area contributed by atoms with Crippen LogP contribution in [0.15, 0.2) is 0 Å². The molecule has 0 aromatic carbocycles. The third-order valence-corrected chi connectivity index (χ3v) is 5.51. The lowest BCUT2D eigenvalue weighted by atomic mass is 9.49. The van der Waals surface area contributed by atoms with Crippen molar-refractivity contribution >= 4 is 11.8 Å². The second kappa shape index (κ2) is 4.50. The molecule has 1 unspecified atom stereocenters. The van der Waals surface area contributed by atoms with Gasteiger partial charge < -0.3 is 10.6 Å². The molecule has 19 heavy (non-hydrogen) atoms. The van der Waals surface area contributed by atoms with E-state index >= 15 is 0 Å². The summed E-state index contributed by atoms with van der Waals surface area (Å²) in [6.07, 6.45) is 7.13. The van der Waals surface area contributed by atoms with Crippen molar-refractivity contribution in [1.29, 1.82) is 0 Å². The van der Waals surface area contributed by atoms with Crippen molar-refractivity contribution in [2.75, 3.05) is 7.05 Å². The Morgan fingerprint density at radius 3 is 1.95 bits per heavy atom. The normalized spacial score (nSPS) is 40.8. The average Bonchev–Trinajstić information content (AvgIpc) is 2.36. The number of likely N-dealkylation sites (N-methyl/N-ethyl adjacent to an activating group) is 1. The van der Waals surface area contributed by atoms with E-state index in [1.807, 2.05) is 0 Å². The Kier molecular flexibility index (Phi) is 3.06. The van der Waals surface area contributed by atoms with Gasteiger partial charge in [-0.3, -0.25) is 9.59 Å². The Balaban J connectivity index is 1.71. The molecule has 2 amide bonds. The number of rotatable bonds is 3. The fourth-order valence-electron chi connectivity index (χ4n) is 5.02. The maximum Gasteiger partial charge on any atom is 0.242 e. The number of carbonyl (C=O) groups excluding carboxylic acids is 2. The molecule has 4 nitrogen and oxygen atoms in total. The SMILES string of the molecule is CNC(=O)C(C)NC(=O)C12CC3CC(CC(C3)C1)C2. The highest BCUT2D eigenvalue weighted by Gasteiger charge is 2.54. The Morgan fingerprint density at radius 2 is 1.53 bits per heavy atom. The number of hydrogen-bond donors (Lipinski definition) is 2. The topological polar surface area (TPSA) is 58.2 Å². The Bertz CT molecular complexity index is 370. The lowest BCUT2D eigenvalue weighted by Gasteiger charge is -2.55. The third kappa shape index (κ3) is 2.15. The Hall–Kier alpha value is -1.06. The molecule has 0 aromatic heterocycles. The fraction of sp³-hybridized carbons (Fsp3) is 0.867. The zero-order chi connectivity index (χ0) is 13.6. The van der Waals surface area contributed by atoms with Gasteiger partial charge in [-0.25, -0.2) is 0 Å². The predicted molar refractivity (Wildman–Crippen MR) is 72.3 cm³/mol.